The standard InChI is InChI=1S/C26H31N3O6S/c1-16(2)12-19(23-25(31)24-20(30)10-5-4-6-11-21(24)35-26(23)32)17-8-7-9-18(13-17)28-36(33,34)22-14-29(3)15-27-22/h7-9,13-16,19,28,31H,4-6,10-12H2,1-3H3. The number of fused-ring (bicyclic) bond motifs is 1. The molecule has 2 aromatic heterocycles. The average Bonchev–Trinajstić information content (AvgIpc) is 3.23. The molecule has 36 heavy (non-hydrogen) atoms. The number of rotatable bonds is 7. The maximum atomic E-state index is 13.2. The van der Waals surface area contributed by atoms with Gasteiger partial charge in [-0.25, -0.2) is 9.78 Å². The van der Waals surface area contributed by atoms with Crippen LogP contribution in [-0.2, 0) is 23.5 Å². The van der Waals surface area contributed by atoms with Gasteiger partial charge in [-0.05, 0) is 42.9 Å². The van der Waals surface area contributed by atoms with Gasteiger partial charge in [0.15, 0.2) is 10.8 Å². The molecule has 192 valence electrons. The van der Waals surface area contributed by atoms with Crippen LogP contribution in [0.3, 0.4) is 0 Å². The zero-order valence-corrected chi connectivity index (χ0v) is 21.5. The highest BCUT2D eigenvalue weighted by Gasteiger charge is 2.31. The average molecular weight is 514 g/mol. The lowest BCUT2D eigenvalue weighted by atomic mass is 9.83. The van der Waals surface area contributed by atoms with Crippen molar-refractivity contribution in [3.8, 4) is 5.75 Å². The molecule has 0 bridgehead atoms. The molecule has 1 aromatic carbocycles. The van der Waals surface area contributed by atoms with Gasteiger partial charge in [0.05, 0.1) is 17.5 Å². The number of hydrogen-bond acceptors (Lipinski definition) is 7. The number of benzene rings is 1. The predicted molar refractivity (Wildman–Crippen MR) is 135 cm³/mol. The normalized spacial score (nSPS) is 15.3. The van der Waals surface area contributed by atoms with E-state index >= 15 is 0 Å². The number of carbonyl (C=O) groups is 1. The first-order chi connectivity index (χ1) is 17.1. The fourth-order valence-electron chi connectivity index (χ4n) is 4.67. The van der Waals surface area contributed by atoms with E-state index in [-0.39, 0.29) is 51.5 Å². The minimum absolute atomic E-state index is 0.0288. The molecule has 10 heteroatoms. The topological polar surface area (TPSA) is 132 Å². The van der Waals surface area contributed by atoms with E-state index in [1.54, 1.807) is 31.3 Å². The first kappa shape index (κ1) is 25.7. The summed E-state index contributed by atoms with van der Waals surface area (Å²) < 4.78 is 35.2. The van der Waals surface area contributed by atoms with Crippen molar-refractivity contribution in [2.24, 2.45) is 13.0 Å². The van der Waals surface area contributed by atoms with Gasteiger partial charge < -0.3 is 14.1 Å². The van der Waals surface area contributed by atoms with Gasteiger partial charge in [-0.3, -0.25) is 9.52 Å². The Labute approximate surface area is 210 Å². The van der Waals surface area contributed by atoms with Gasteiger partial charge in [0.1, 0.15) is 11.5 Å². The van der Waals surface area contributed by atoms with Crippen molar-refractivity contribution in [3.05, 3.63) is 69.7 Å². The number of aromatic hydroxyl groups is 1. The Morgan fingerprint density at radius 1 is 1.17 bits per heavy atom. The molecule has 2 heterocycles. The molecule has 0 saturated heterocycles. The molecule has 4 rings (SSSR count). The minimum Gasteiger partial charge on any atom is -0.506 e. The molecule has 3 aromatic rings. The summed E-state index contributed by atoms with van der Waals surface area (Å²) in [5.74, 6) is -0.791. The summed E-state index contributed by atoms with van der Waals surface area (Å²) in [6.45, 7) is 3.97. The molecule has 2 N–H and O–H groups in total. The predicted octanol–water partition coefficient (Wildman–Crippen LogP) is 4.36. The van der Waals surface area contributed by atoms with Gasteiger partial charge in [-0.15, -0.1) is 0 Å². The summed E-state index contributed by atoms with van der Waals surface area (Å²) in [4.78, 5) is 29.9. The van der Waals surface area contributed by atoms with Crippen molar-refractivity contribution >= 4 is 21.5 Å². The van der Waals surface area contributed by atoms with Gasteiger partial charge >= 0.3 is 5.63 Å². The van der Waals surface area contributed by atoms with Crippen molar-refractivity contribution < 1.29 is 22.7 Å². The second kappa shape index (κ2) is 10.3. The van der Waals surface area contributed by atoms with Gasteiger partial charge in [0.2, 0.25) is 0 Å². The van der Waals surface area contributed by atoms with Crippen molar-refractivity contribution in [1.82, 2.24) is 9.55 Å². The maximum Gasteiger partial charge on any atom is 0.343 e. The number of anilines is 1. The van der Waals surface area contributed by atoms with Crippen LogP contribution in [0.5, 0.6) is 5.75 Å². The van der Waals surface area contributed by atoms with Crippen LogP contribution < -0.4 is 10.3 Å². The van der Waals surface area contributed by atoms with Crippen LogP contribution in [0, 0.1) is 5.92 Å². The van der Waals surface area contributed by atoms with Crippen LogP contribution >= 0.6 is 0 Å². The van der Waals surface area contributed by atoms with E-state index in [9.17, 15) is 23.1 Å². The highest BCUT2D eigenvalue weighted by molar-refractivity contribution is 7.92. The molecule has 1 aliphatic rings. The van der Waals surface area contributed by atoms with Crippen LogP contribution in [0.2, 0.25) is 0 Å². The SMILES string of the molecule is CC(C)CC(c1cccc(NS(=O)(=O)c2cn(C)cn2)c1)c1c(O)c2c(oc1=O)CCCCCC2=O. The number of nitrogens with one attached hydrogen (secondary N) is 1. The molecule has 0 aliphatic heterocycles. The Kier molecular flexibility index (Phi) is 7.35. The molecule has 1 aliphatic carbocycles. The molecule has 0 spiro atoms. The lowest BCUT2D eigenvalue weighted by Crippen LogP contribution is -2.21. The van der Waals surface area contributed by atoms with E-state index in [1.165, 1.54) is 17.1 Å². The molecule has 0 amide bonds. The molecule has 9 nitrogen and oxygen atoms in total. The van der Waals surface area contributed by atoms with E-state index in [0.717, 1.165) is 19.3 Å². The number of ketones is 1. The molecule has 0 radical (unpaired) electrons. The Hall–Kier alpha value is -3.40. The number of Topliss-reactive ketones (excluding diaryl/α,β-unsaturated/α-hetero) is 1. The Morgan fingerprint density at radius 3 is 2.61 bits per heavy atom. The van der Waals surface area contributed by atoms with Crippen molar-refractivity contribution in [2.75, 3.05) is 4.72 Å². The van der Waals surface area contributed by atoms with E-state index in [1.807, 2.05) is 13.8 Å². The third-order valence-corrected chi connectivity index (χ3v) is 7.61. The smallest absolute Gasteiger partial charge is 0.343 e. The quantitative estimate of drug-likeness (QED) is 0.480. The highest BCUT2D eigenvalue weighted by Crippen LogP contribution is 2.39. The van der Waals surface area contributed by atoms with E-state index in [2.05, 4.69) is 9.71 Å². The Bertz CT molecular complexity index is 1440. The van der Waals surface area contributed by atoms with Gasteiger partial charge in [0, 0.05) is 37.7 Å². The van der Waals surface area contributed by atoms with Gasteiger partial charge in [-0.2, -0.15) is 8.42 Å². The van der Waals surface area contributed by atoms with Gasteiger partial charge in [-0.1, -0.05) is 32.4 Å². The second-order valence-corrected chi connectivity index (χ2v) is 11.4. The fourth-order valence-corrected chi connectivity index (χ4v) is 5.70. The number of hydrogen-bond donors (Lipinski definition) is 2. The third kappa shape index (κ3) is 5.38. The second-order valence-electron chi connectivity index (χ2n) is 9.72. The number of aryl methyl sites for hydroxylation is 2. The zero-order chi connectivity index (χ0) is 26.0. The minimum atomic E-state index is -3.92. The molecule has 0 saturated carbocycles. The first-order valence-electron chi connectivity index (χ1n) is 12.1. The van der Waals surface area contributed by atoms with Crippen LogP contribution in [0.1, 0.15) is 79.1 Å². The van der Waals surface area contributed by atoms with Crippen LogP contribution in [-0.4, -0.2) is 28.9 Å². The maximum absolute atomic E-state index is 13.2. The molecule has 0 fully saturated rings. The van der Waals surface area contributed by atoms with Crippen LogP contribution in [0.4, 0.5) is 5.69 Å². The van der Waals surface area contributed by atoms with Crippen LogP contribution in [0.15, 0.2) is 51.0 Å². The lowest BCUT2D eigenvalue weighted by Gasteiger charge is -2.23. The summed E-state index contributed by atoms with van der Waals surface area (Å²) in [5.41, 5.74) is 0.361. The summed E-state index contributed by atoms with van der Waals surface area (Å²) >= 11 is 0. The van der Waals surface area contributed by atoms with E-state index < -0.39 is 21.6 Å². The summed E-state index contributed by atoms with van der Waals surface area (Å²) in [5, 5.41) is 11.1. The fraction of sp³-hybridized carbons (Fsp3) is 0.423. The monoisotopic (exact) mass is 513 g/mol. The largest absolute Gasteiger partial charge is 0.506 e. The number of nitrogens with zero attached hydrogens (tertiary/aromatic N) is 2. The zero-order valence-electron chi connectivity index (χ0n) is 20.7. The summed E-state index contributed by atoms with van der Waals surface area (Å²) in [6, 6.07) is 6.67. The van der Waals surface area contributed by atoms with E-state index in [4.69, 9.17) is 4.42 Å². The summed E-state index contributed by atoms with van der Waals surface area (Å²) in [7, 11) is -2.25. The molecular formula is C26H31N3O6S. The molecule has 1 unspecified atom stereocenters. The lowest BCUT2D eigenvalue weighted by molar-refractivity contribution is 0.0968. The summed E-state index contributed by atoms with van der Waals surface area (Å²) in [6.07, 6.45) is 6.32. The number of imidazole rings is 1. The van der Waals surface area contributed by atoms with Crippen molar-refractivity contribution in [3.63, 3.8) is 0 Å². The molecule has 1 atom stereocenters. The van der Waals surface area contributed by atoms with Crippen molar-refractivity contribution in [2.45, 2.75) is 63.3 Å². The Morgan fingerprint density at radius 2 is 1.92 bits per heavy atom. The third-order valence-electron chi connectivity index (χ3n) is 6.35. The van der Waals surface area contributed by atoms with E-state index in [0.29, 0.717) is 18.4 Å². The molecular weight excluding hydrogens is 482 g/mol. The highest BCUT2D eigenvalue weighted by atomic mass is 32.2. The number of carbonyl (C=O) groups excluding carboxylic acids is 1. The van der Waals surface area contributed by atoms with Crippen molar-refractivity contribution in [1.29, 1.82) is 0 Å². The van der Waals surface area contributed by atoms with Gasteiger partial charge in [0.25, 0.3) is 10.0 Å². The first-order valence-corrected chi connectivity index (χ1v) is 13.6. The number of sulfonamides is 1. The van der Waals surface area contributed by atoms with Crippen LogP contribution in [0.25, 0.3) is 0 Å². The number of aromatic nitrogens is 2. The Balaban J connectivity index is 1.78.